The molecule has 1 aromatic carbocycles. The Morgan fingerprint density at radius 1 is 1.07 bits per heavy atom. The van der Waals surface area contributed by atoms with Gasteiger partial charge in [0.05, 0.1) is 24.5 Å². The third-order valence-electron chi connectivity index (χ3n) is 4.69. The molecule has 2 aromatic heterocycles. The predicted molar refractivity (Wildman–Crippen MR) is 96.7 cm³/mol. The number of pyridine rings is 1. The highest BCUT2D eigenvalue weighted by Crippen LogP contribution is 2.37. The number of aromatic nitrogens is 2. The van der Waals surface area contributed by atoms with Gasteiger partial charge in [-0.25, -0.2) is 4.98 Å². The summed E-state index contributed by atoms with van der Waals surface area (Å²) in [6, 6.07) is 8.89. The van der Waals surface area contributed by atoms with E-state index in [2.05, 4.69) is 9.88 Å². The van der Waals surface area contributed by atoms with Crippen molar-refractivity contribution in [2.75, 3.05) is 26.3 Å². The third kappa shape index (κ3) is 3.67. The molecule has 27 heavy (non-hydrogen) atoms. The molecule has 4 nitrogen and oxygen atoms in total. The largest absolute Gasteiger partial charge is 0.417 e. The van der Waals surface area contributed by atoms with Crippen molar-refractivity contribution in [3.63, 3.8) is 0 Å². The first-order valence-electron chi connectivity index (χ1n) is 8.56. The molecule has 1 aliphatic rings. The van der Waals surface area contributed by atoms with Crippen LogP contribution in [0.1, 0.15) is 11.3 Å². The summed E-state index contributed by atoms with van der Waals surface area (Å²) in [4.78, 5) is 6.52. The molecular formula is C19H17ClF3N3O. The molecule has 0 aliphatic carbocycles. The standard InChI is InChI=1S/C19H17ClF3N3O/c20-18-16(12-25-7-9-27-10-8-25)26-11-13(5-6-17(26)24-18)14-3-1-2-4-15(14)19(21,22)23/h1-6,11H,7-10,12H2. The lowest BCUT2D eigenvalue weighted by Crippen LogP contribution is -2.36. The molecule has 0 atom stereocenters. The van der Waals surface area contributed by atoms with Gasteiger partial charge in [0.15, 0.2) is 5.15 Å². The molecule has 1 aliphatic heterocycles. The highest BCUT2D eigenvalue weighted by atomic mass is 35.5. The second kappa shape index (κ2) is 7.14. The molecule has 0 N–H and O–H groups in total. The number of fused-ring (bicyclic) bond motifs is 1. The van der Waals surface area contributed by atoms with Crippen LogP contribution in [0.3, 0.4) is 0 Å². The van der Waals surface area contributed by atoms with Crippen molar-refractivity contribution in [3.8, 4) is 11.1 Å². The number of imidazole rings is 1. The van der Waals surface area contributed by atoms with Gasteiger partial charge < -0.3 is 9.14 Å². The Balaban J connectivity index is 1.77. The van der Waals surface area contributed by atoms with E-state index in [1.165, 1.54) is 12.1 Å². The summed E-state index contributed by atoms with van der Waals surface area (Å²) in [5.41, 5.74) is 1.31. The molecule has 1 saturated heterocycles. The zero-order valence-corrected chi connectivity index (χ0v) is 15.1. The van der Waals surface area contributed by atoms with Gasteiger partial charge in [-0.15, -0.1) is 0 Å². The maximum absolute atomic E-state index is 13.4. The lowest BCUT2D eigenvalue weighted by atomic mass is 10.0. The lowest BCUT2D eigenvalue weighted by Gasteiger charge is -2.26. The van der Waals surface area contributed by atoms with Crippen LogP contribution in [-0.2, 0) is 17.5 Å². The Morgan fingerprint density at radius 3 is 2.56 bits per heavy atom. The number of nitrogens with zero attached hydrogens (tertiary/aromatic N) is 3. The average Bonchev–Trinajstić information content (AvgIpc) is 2.97. The van der Waals surface area contributed by atoms with Crippen molar-refractivity contribution in [1.29, 1.82) is 0 Å². The Hall–Kier alpha value is -2.09. The summed E-state index contributed by atoms with van der Waals surface area (Å²) in [7, 11) is 0. The fraction of sp³-hybridized carbons (Fsp3) is 0.316. The van der Waals surface area contributed by atoms with Crippen LogP contribution < -0.4 is 0 Å². The Morgan fingerprint density at radius 2 is 1.81 bits per heavy atom. The van der Waals surface area contributed by atoms with Gasteiger partial charge in [0.2, 0.25) is 0 Å². The van der Waals surface area contributed by atoms with Gasteiger partial charge in [0.1, 0.15) is 5.65 Å². The molecule has 0 saturated carbocycles. The molecule has 1 fully saturated rings. The molecule has 0 spiro atoms. The van der Waals surface area contributed by atoms with Gasteiger partial charge in [-0.3, -0.25) is 4.90 Å². The molecule has 0 amide bonds. The summed E-state index contributed by atoms with van der Waals surface area (Å²) in [5.74, 6) is 0. The smallest absolute Gasteiger partial charge is 0.379 e. The number of hydrogen-bond donors (Lipinski definition) is 0. The summed E-state index contributed by atoms with van der Waals surface area (Å²) in [5, 5.41) is 0.364. The number of alkyl halides is 3. The fourth-order valence-electron chi connectivity index (χ4n) is 3.32. The normalized spacial score (nSPS) is 16.1. The van der Waals surface area contributed by atoms with Crippen LogP contribution >= 0.6 is 11.6 Å². The number of halogens is 4. The van der Waals surface area contributed by atoms with E-state index in [1.807, 2.05) is 0 Å². The Kier molecular flexibility index (Phi) is 4.84. The van der Waals surface area contributed by atoms with Crippen molar-refractivity contribution in [2.45, 2.75) is 12.7 Å². The number of hydrogen-bond acceptors (Lipinski definition) is 3. The van der Waals surface area contributed by atoms with E-state index in [-0.39, 0.29) is 5.56 Å². The molecular weight excluding hydrogens is 379 g/mol. The Bertz CT molecular complexity index is 964. The van der Waals surface area contributed by atoms with Crippen molar-refractivity contribution >= 4 is 17.2 Å². The zero-order chi connectivity index (χ0) is 19.0. The number of ether oxygens (including phenoxy) is 1. The predicted octanol–water partition coefficient (Wildman–Crippen LogP) is 4.51. The van der Waals surface area contributed by atoms with Crippen molar-refractivity contribution in [1.82, 2.24) is 14.3 Å². The first kappa shape index (κ1) is 18.3. The minimum absolute atomic E-state index is 0.133. The second-order valence-corrected chi connectivity index (χ2v) is 6.79. The highest BCUT2D eigenvalue weighted by molar-refractivity contribution is 6.30. The van der Waals surface area contributed by atoms with Gasteiger partial charge in [0, 0.05) is 25.8 Å². The van der Waals surface area contributed by atoms with Gasteiger partial charge >= 0.3 is 6.18 Å². The fourth-order valence-corrected chi connectivity index (χ4v) is 3.56. The maximum Gasteiger partial charge on any atom is 0.417 e. The topological polar surface area (TPSA) is 29.8 Å². The van der Waals surface area contributed by atoms with Crippen LogP contribution in [0.15, 0.2) is 42.6 Å². The van der Waals surface area contributed by atoms with E-state index in [4.69, 9.17) is 16.3 Å². The molecule has 142 valence electrons. The van der Waals surface area contributed by atoms with Gasteiger partial charge in [-0.2, -0.15) is 13.2 Å². The van der Waals surface area contributed by atoms with Crippen molar-refractivity contribution in [3.05, 3.63) is 59.0 Å². The SMILES string of the molecule is FC(F)(F)c1ccccc1-c1ccc2nc(Cl)c(CN3CCOCC3)n2c1. The lowest BCUT2D eigenvalue weighted by molar-refractivity contribution is -0.137. The first-order valence-corrected chi connectivity index (χ1v) is 8.94. The average molecular weight is 396 g/mol. The quantitative estimate of drug-likeness (QED) is 0.653. The monoisotopic (exact) mass is 395 g/mol. The molecule has 3 heterocycles. The molecule has 8 heteroatoms. The van der Waals surface area contributed by atoms with Gasteiger partial charge in [-0.05, 0) is 29.3 Å². The van der Waals surface area contributed by atoms with Crippen LogP contribution in [0.25, 0.3) is 16.8 Å². The minimum atomic E-state index is -4.42. The van der Waals surface area contributed by atoms with E-state index in [0.717, 1.165) is 24.8 Å². The number of rotatable bonds is 3. The van der Waals surface area contributed by atoms with Crippen LogP contribution in [0.2, 0.25) is 5.15 Å². The number of morpholine rings is 1. The number of benzene rings is 1. The molecule has 0 unspecified atom stereocenters. The molecule has 0 bridgehead atoms. The van der Waals surface area contributed by atoms with E-state index in [0.29, 0.717) is 36.1 Å². The van der Waals surface area contributed by atoms with Crippen LogP contribution in [0.4, 0.5) is 13.2 Å². The van der Waals surface area contributed by atoms with E-state index in [1.54, 1.807) is 28.8 Å². The summed E-state index contributed by atoms with van der Waals surface area (Å²) >= 11 is 6.32. The van der Waals surface area contributed by atoms with Crippen LogP contribution in [0.5, 0.6) is 0 Å². The zero-order valence-electron chi connectivity index (χ0n) is 14.3. The Labute approximate surface area is 159 Å². The van der Waals surface area contributed by atoms with E-state index >= 15 is 0 Å². The molecule has 0 radical (unpaired) electrons. The maximum atomic E-state index is 13.4. The van der Waals surface area contributed by atoms with E-state index < -0.39 is 11.7 Å². The summed E-state index contributed by atoms with van der Waals surface area (Å²) < 4.78 is 47.3. The summed E-state index contributed by atoms with van der Waals surface area (Å²) in [6.45, 7) is 3.42. The van der Waals surface area contributed by atoms with Crippen molar-refractivity contribution in [2.24, 2.45) is 0 Å². The van der Waals surface area contributed by atoms with Crippen LogP contribution in [0, 0.1) is 0 Å². The highest BCUT2D eigenvalue weighted by Gasteiger charge is 2.33. The summed E-state index contributed by atoms with van der Waals surface area (Å²) in [6.07, 6.45) is -2.75. The van der Waals surface area contributed by atoms with Crippen LogP contribution in [-0.4, -0.2) is 40.6 Å². The minimum Gasteiger partial charge on any atom is -0.379 e. The van der Waals surface area contributed by atoms with Crippen molar-refractivity contribution < 1.29 is 17.9 Å². The van der Waals surface area contributed by atoms with E-state index in [9.17, 15) is 13.2 Å². The third-order valence-corrected chi connectivity index (χ3v) is 4.99. The first-order chi connectivity index (χ1) is 12.9. The molecule has 3 aromatic rings. The molecule has 4 rings (SSSR count). The van der Waals surface area contributed by atoms with Gasteiger partial charge in [0.25, 0.3) is 0 Å². The van der Waals surface area contributed by atoms with Gasteiger partial charge in [-0.1, -0.05) is 29.8 Å². The second-order valence-electron chi connectivity index (χ2n) is 6.43.